The monoisotopic (exact) mass is 293 g/mol. The SMILES string of the molecule is Cc1nc2cc(NC(=O)c3cnc4nc[nH]c4c3)ccc2o1. The number of carbonyl (C=O) groups is 1. The van der Waals surface area contributed by atoms with Gasteiger partial charge in [0, 0.05) is 18.8 Å². The van der Waals surface area contributed by atoms with Crippen LogP contribution in [0.15, 0.2) is 41.2 Å². The van der Waals surface area contributed by atoms with Gasteiger partial charge in [-0.3, -0.25) is 4.79 Å². The van der Waals surface area contributed by atoms with Crippen molar-refractivity contribution < 1.29 is 9.21 Å². The fourth-order valence-electron chi connectivity index (χ4n) is 2.28. The van der Waals surface area contributed by atoms with E-state index >= 15 is 0 Å². The number of aryl methyl sites for hydroxylation is 1. The average molecular weight is 293 g/mol. The molecule has 2 N–H and O–H groups in total. The molecule has 0 bridgehead atoms. The number of amides is 1. The molecule has 0 aliphatic rings. The highest BCUT2D eigenvalue weighted by molar-refractivity contribution is 6.05. The topological polar surface area (TPSA) is 96.7 Å². The van der Waals surface area contributed by atoms with Gasteiger partial charge in [0.15, 0.2) is 17.1 Å². The van der Waals surface area contributed by atoms with Crippen LogP contribution in [0, 0.1) is 6.92 Å². The molecule has 0 saturated carbocycles. The van der Waals surface area contributed by atoms with Crippen LogP contribution in [0.2, 0.25) is 0 Å². The minimum absolute atomic E-state index is 0.247. The van der Waals surface area contributed by atoms with E-state index in [-0.39, 0.29) is 5.91 Å². The van der Waals surface area contributed by atoms with Crippen molar-refractivity contribution in [1.82, 2.24) is 19.9 Å². The molecule has 0 radical (unpaired) electrons. The molecule has 1 aromatic carbocycles. The molecule has 0 spiro atoms. The highest BCUT2D eigenvalue weighted by Crippen LogP contribution is 2.20. The molecule has 0 fully saturated rings. The normalized spacial score (nSPS) is 11.1. The average Bonchev–Trinajstić information content (AvgIpc) is 3.10. The standard InChI is InChI=1S/C15H11N5O2/c1-8-19-11-5-10(2-3-13(11)22-8)20-15(21)9-4-12-14(16-6-9)18-7-17-12/h2-7H,1H3,(H,20,21)(H,16,17,18). The molecule has 3 aromatic heterocycles. The molecule has 4 aromatic rings. The first-order chi connectivity index (χ1) is 10.7. The van der Waals surface area contributed by atoms with Crippen LogP contribution in [0.3, 0.4) is 0 Å². The Hall–Kier alpha value is -3.22. The van der Waals surface area contributed by atoms with Crippen LogP contribution in [0.25, 0.3) is 22.3 Å². The van der Waals surface area contributed by atoms with E-state index in [1.165, 1.54) is 6.20 Å². The van der Waals surface area contributed by atoms with Crippen molar-refractivity contribution in [3.8, 4) is 0 Å². The van der Waals surface area contributed by atoms with E-state index in [2.05, 4.69) is 25.3 Å². The molecule has 3 heterocycles. The Morgan fingerprint density at radius 1 is 1.27 bits per heavy atom. The van der Waals surface area contributed by atoms with E-state index in [4.69, 9.17) is 4.42 Å². The third-order valence-corrected chi connectivity index (χ3v) is 3.29. The van der Waals surface area contributed by atoms with Gasteiger partial charge in [-0.15, -0.1) is 0 Å². The summed E-state index contributed by atoms with van der Waals surface area (Å²) in [6, 6.07) is 7.03. The largest absolute Gasteiger partial charge is 0.441 e. The van der Waals surface area contributed by atoms with Gasteiger partial charge in [0.25, 0.3) is 5.91 Å². The maximum Gasteiger partial charge on any atom is 0.257 e. The van der Waals surface area contributed by atoms with E-state index in [1.807, 2.05) is 0 Å². The molecule has 22 heavy (non-hydrogen) atoms. The summed E-state index contributed by atoms with van der Waals surface area (Å²) in [5.41, 5.74) is 3.79. The third-order valence-electron chi connectivity index (χ3n) is 3.29. The number of imidazole rings is 1. The van der Waals surface area contributed by atoms with Crippen molar-refractivity contribution in [1.29, 1.82) is 0 Å². The lowest BCUT2D eigenvalue weighted by atomic mass is 10.2. The van der Waals surface area contributed by atoms with Crippen molar-refractivity contribution in [3.63, 3.8) is 0 Å². The zero-order valence-electron chi connectivity index (χ0n) is 11.6. The number of H-pyrrole nitrogens is 1. The second-order valence-corrected chi connectivity index (χ2v) is 4.87. The van der Waals surface area contributed by atoms with Gasteiger partial charge in [-0.25, -0.2) is 15.0 Å². The number of nitrogens with one attached hydrogen (secondary N) is 2. The summed E-state index contributed by atoms with van der Waals surface area (Å²) in [7, 11) is 0. The Balaban J connectivity index is 1.64. The van der Waals surface area contributed by atoms with Crippen LogP contribution >= 0.6 is 0 Å². The Morgan fingerprint density at radius 2 is 2.18 bits per heavy atom. The van der Waals surface area contributed by atoms with E-state index < -0.39 is 0 Å². The molecule has 0 unspecified atom stereocenters. The van der Waals surface area contributed by atoms with Crippen LogP contribution in [0.1, 0.15) is 16.2 Å². The second-order valence-electron chi connectivity index (χ2n) is 4.87. The number of nitrogens with zero attached hydrogens (tertiary/aromatic N) is 3. The summed E-state index contributed by atoms with van der Waals surface area (Å²) in [5, 5.41) is 2.82. The molecule has 0 aliphatic heterocycles. The number of hydrogen-bond donors (Lipinski definition) is 2. The number of oxazole rings is 1. The number of benzene rings is 1. The van der Waals surface area contributed by atoms with Crippen LogP contribution in [-0.4, -0.2) is 25.8 Å². The summed E-state index contributed by atoms with van der Waals surface area (Å²) in [6.45, 7) is 1.78. The fourth-order valence-corrected chi connectivity index (χ4v) is 2.28. The second kappa shape index (κ2) is 4.66. The predicted octanol–water partition coefficient (Wildman–Crippen LogP) is 2.66. The quantitative estimate of drug-likeness (QED) is 0.592. The summed E-state index contributed by atoms with van der Waals surface area (Å²) >= 11 is 0. The van der Waals surface area contributed by atoms with E-state index in [0.717, 1.165) is 5.52 Å². The van der Waals surface area contributed by atoms with Crippen LogP contribution in [-0.2, 0) is 0 Å². The van der Waals surface area contributed by atoms with Crippen molar-refractivity contribution >= 4 is 33.9 Å². The summed E-state index contributed by atoms with van der Waals surface area (Å²) in [4.78, 5) is 27.6. The van der Waals surface area contributed by atoms with Gasteiger partial charge >= 0.3 is 0 Å². The first-order valence-electron chi connectivity index (χ1n) is 6.67. The summed E-state index contributed by atoms with van der Waals surface area (Å²) in [5.74, 6) is 0.343. The predicted molar refractivity (Wildman–Crippen MR) is 80.6 cm³/mol. The molecular formula is C15H11N5O2. The highest BCUT2D eigenvalue weighted by Gasteiger charge is 2.10. The first-order valence-corrected chi connectivity index (χ1v) is 6.67. The van der Waals surface area contributed by atoms with Gasteiger partial charge in [0.05, 0.1) is 17.4 Å². The molecule has 0 saturated heterocycles. The number of anilines is 1. The molecule has 0 atom stereocenters. The number of aromatic amines is 1. The van der Waals surface area contributed by atoms with Gasteiger partial charge < -0.3 is 14.7 Å². The van der Waals surface area contributed by atoms with Crippen molar-refractivity contribution in [2.24, 2.45) is 0 Å². The number of hydrogen-bond acceptors (Lipinski definition) is 5. The minimum Gasteiger partial charge on any atom is -0.441 e. The molecule has 108 valence electrons. The Bertz CT molecular complexity index is 1000. The lowest BCUT2D eigenvalue weighted by Gasteiger charge is -2.04. The number of carbonyl (C=O) groups excluding carboxylic acids is 1. The van der Waals surface area contributed by atoms with Gasteiger partial charge in [-0.05, 0) is 24.3 Å². The smallest absolute Gasteiger partial charge is 0.257 e. The van der Waals surface area contributed by atoms with Gasteiger partial charge in [-0.1, -0.05) is 0 Å². The molecule has 7 heteroatoms. The zero-order chi connectivity index (χ0) is 15.1. The van der Waals surface area contributed by atoms with E-state index in [1.54, 1.807) is 37.5 Å². The van der Waals surface area contributed by atoms with Crippen molar-refractivity contribution in [3.05, 3.63) is 48.2 Å². The van der Waals surface area contributed by atoms with Crippen LogP contribution in [0.4, 0.5) is 5.69 Å². The van der Waals surface area contributed by atoms with Gasteiger partial charge in [-0.2, -0.15) is 0 Å². The Morgan fingerprint density at radius 3 is 3.09 bits per heavy atom. The number of pyridine rings is 1. The first kappa shape index (κ1) is 12.5. The number of rotatable bonds is 2. The fraction of sp³-hybridized carbons (Fsp3) is 0.0667. The number of aromatic nitrogens is 4. The number of fused-ring (bicyclic) bond motifs is 2. The van der Waals surface area contributed by atoms with Gasteiger partial charge in [0.2, 0.25) is 0 Å². The molecule has 0 aliphatic carbocycles. The highest BCUT2D eigenvalue weighted by atomic mass is 16.3. The zero-order valence-corrected chi connectivity index (χ0v) is 11.6. The van der Waals surface area contributed by atoms with Crippen molar-refractivity contribution in [2.45, 2.75) is 6.92 Å². The van der Waals surface area contributed by atoms with Crippen molar-refractivity contribution in [2.75, 3.05) is 5.32 Å². The van der Waals surface area contributed by atoms with E-state index in [0.29, 0.717) is 33.9 Å². The maximum absolute atomic E-state index is 12.3. The van der Waals surface area contributed by atoms with Gasteiger partial charge in [0.1, 0.15) is 5.52 Å². The van der Waals surface area contributed by atoms with E-state index in [9.17, 15) is 4.79 Å². The lowest BCUT2D eigenvalue weighted by molar-refractivity contribution is 0.102. The molecular weight excluding hydrogens is 282 g/mol. The lowest BCUT2D eigenvalue weighted by Crippen LogP contribution is -2.12. The molecule has 1 amide bonds. The summed E-state index contributed by atoms with van der Waals surface area (Å²) in [6.07, 6.45) is 3.04. The summed E-state index contributed by atoms with van der Waals surface area (Å²) < 4.78 is 5.41. The molecule has 7 nitrogen and oxygen atoms in total. The third kappa shape index (κ3) is 2.08. The molecule has 4 rings (SSSR count). The Kier molecular flexibility index (Phi) is 2.65. The van der Waals surface area contributed by atoms with Crippen LogP contribution in [0.5, 0.6) is 0 Å². The minimum atomic E-state index is -0.247. The maximum atomic E-state index is 12.3. The van der Waals surface area contributed by atoms with Crippen LogP contribution < -0.4 is 5.32 Å². The Labute approximate surface area is 124 Å².